The molecule has 148 valence electrons. The van der Waals surface area contributed by atoms with E-state index >= 15 is 0 Å². The van der Waals surface area contributed by atoms with Crippen LogP contribution in [0.15, 0.2) is 9.98 Å². The van der Waals surface area contributed by atoms with E-state index < -0.39 is 12.1 Å². The highest BCUT2D eigenvalue weighted by Crippen LogP contribution is 2.20. The van der Waals surface area contributed by atoms with Gasteiger partial charge in [-0.25, -0.2) is 9.79 Å². The molecule has 0 bridgehead atoms. The van der Waals surface area contributed by atoms with E-state index in [-0.39, 0.29) is 24.0 Å². The molecule has 1 heterocycles. The normalized spacial score (nSPS) is 20.3. The number of carbonyl (C=O) groups excluding carboxylic acids is 2. The van der Waals surface area contributed by atoms with Gasteiger partial charge in [-0.15, -0.1) is 0 Å². The lowest BCUT2D eigenvalue weighted by Crippen LogP contribution is -2.54. The van der Waals surface area contributed by atoms with Crippen LogP contribution in [-0.4, -0.2) is 67.5 Å². The summed E-state index contributed by atoms with van der Waals surface area (Å²) in [6.07, 6.45) is 2.34. The van der Waals surface area contributed by atoms with Crippen LogP contribution in [0.5, 0.6) is 0 Å². The first-order valence-electron chi connectivity index (χ1n) is 9.04. The smallest absolute Gasteiger partial charge is 0.407 e. The zero-order valence-corrected chi connectivity index (χ0v) is 16.4. The molecule has 0 aromatic carbocycles. The van der Waals surface area contributed by atoms with Crippen molar-refractivity contribution in [2.75, 3.05) is 20.2 Å². The maximum Gasteiger partial charge on any atom is 0.407 e. The fourth-order valence-corrected chi connectivity index (χ4v) is 2.81. The molecule has 1 unspecified atom stereocenters. The van der Waals surface area contributed by atoms with Crippen molar-refractivity contribution in [1.29, 1.82) is 0 Å². The summed E-state index contributed by atoms with van der Waals surface area (Å²) in [5.41, 5.74) is 6.18. The van der Waals surface area contributed by atoms with Crippen molar-refractivity contribution >= 4 is 24.2 Å². The average Bonchev–Trinajstić information content (AvgIpc) is 3.08. The first-order valence-corrected chi connectivity index (χ1v) is 9.04. The van der Waals surface area contributed by atoms with Gasteiger partial charge in [-0.3, -0.25) is 9.79 Å². The predicted octanol–water partition coefficient (Wildman–Crippen LogP) is 0.699. The molecule has 2 amide bonds. The minimum atomic E-state index is -0.664. The Kier molecular flexibility index (Phi) is 8.87. The number of hydrogen-bond donors (Lipinski definition) is 3. The van der Waals surface area contributed by atoms with Gasteiger partial charge in [0, 0.05) is 13.1 Å². The molecule has 0 radical (unpaired) electrons. The van der Waals surface area contributed by atoms with Crippen molar-refractivity contribution in [2.45, 2.75) is 58.8 Å². The number of methoxy groups -OCH3 is 1. The van der Waals surface area contributed by atoms with Crippen LogP contribution < -0.4 is 16.4 Å². The number of alkyl carbamates (subject to hydrolysis) is 1. The number of nitrogens with two attached hydrogens (primary N) is 1. The topological polar surface area (TPSA) is 121 Å². The number of carbonyl (C=O) groups is 2. The largest absolute Gasteiger partial charge is 0.453 e. The second kappa shape index (κ2) is 10.6. The van der Waals surface area contributed by atoms with Crippen molar-refractivity contribution < 1.29 is 14.3 Å². The highest BCUT2D eigenvalue weighted by atomic mass is 16.5. The highest BCUT2D eigenvalue weighted by molar-refractivity contribution is 5.93. The van der Waals surface area contributed by atoms with E-state index in [1.807, 2.05) is 27.7 Å². The van der Waals surface area contributed by atoms with E-state index in [9.17, 15) is 9.59 Å². The molecule has 0 spiro atoms. The van der Waals surface area contributed by atoms with Gasteiger partial charge in [0.2, 0.25) is 5.91 Å². The van der Waals surface area contributed by atoms with E-state index in [4.69, 9.17) is 5.73 Å². The van der Waals surface area contributed by atoms with Crippen molar-refractivity contribution in [3.05, 3.63) is 0 Å². The van der Waals surface area contributed by atoms with Crippen LogP contribution >= 0.6 is 0 Å². The average molecular weight is 368 g/mol. The van der Waals surface area contributed by atoms with Crippen LogP contribution in [0.4, 0.5) is 4.79 Å². The van der Waals surface area contributed by atoms with E-state index in [0.717, 1.165) is 12.8 Å². The van der Waals surface area contributed by atoms with E-state index in [0.29, 0.717) is 18.9 Å². The highest BCUT2D eigenvalue weighted by Gasteiger charge is 2.37. The SMILES string of the molecule is CCN=CNC(C)N=C(N)[C@@H]1CCCN1C(=O)[C@@H](NC(=O)OC)C(C)C. The van der Waals surface area contributed by atoms with Crippen LogP contribution in [-0.2, 0) is 9.53 Å². The summed E-state index contributed by atoms with van der Waals surface area (Å²) in [5.74, 6) is 0.160. The Labute approximate surface area is 155 Å². The summed E-state index contributed by atoms with van der Waals surface area (Å²) >= 11 is 0. The van der Waals surface area contributed by atoms with Crippen LogP contribution in [0.2, 0.25) is 0 Å². The Hall–Kier alpha value is -2.32. The van der Waals surface area contributed by atoms with Gasteiger partial charge in [0.05, 0.1) is 19.5 Å². The maximum absolute atomic E-state index is 13.0. The number of amidine groups is 1. The number of rotatable bonds is 8. The van der Waals surface area contributed by atoms with Gasteiger partial charge in [0.15, 0.2) is 0 Å². The molecular weight excluding hydrogens is 336 g/mol. The molecule has 1 saturated heterocycles. The Morgan fingerprint density at radius 2 is 2.08 bits per heavy atom. The second-order valence-corrected chi connectivity index (χ2v) is 6.57. The van der Waals surface area contributed by atoms with Gasteiger partial charge in [-0.05, 0) is 32.6 Å². The fourth-order valence-electron chi connectivity index (χ4n) is 2.81. The molecule has 4 N–H and O–H groups in total. The van der Waals surface area contributed by atoms with E-state index in [1.54, 1.807) is 11.2 Å². The molecule has 1 fully saturated rings. The number of aliphatic imine (C=N–C) groups is 2. The van der Waals surface area contributed by atoms with Crippen molar-refractivity contribution in [2.24, 2.45) is 21.6 Å². The molecule has 0 aromatic rings. The standard InChI is InChI=1S/C17H32N6O3/c1-6-19-10-20-12(4)21-15(18)13-8-7-9-23(13)16(24)14(11(2)3)22-17(25)26-5/h10-14H,6-9H2,1-5H3,(H2,18,21)(H,19,20)(H,22,25)/t12?,13-,14-/m0/s1. The Morgan fingerprint density at radius 1 is 1.38 bits per heavy atom. The van der Waals surface area contributed by atoms with Crippen LogP contribution in [0.1, 0.15) is 40.5 Å². The third-order valence-electron chi connectivity index (χ3n) is 4.20. The number of nitrogens with one attached hydrogen (secondary N) is 2. The lowest BCUT2D eigenvalue weighted by Gasteiger charge is -2.30. The van der Waals surface area contributed by atoms with Crippen LogP contribution in [0, 0.1) is 5.92 Å². The molecule has 1 aliphatic heterocycles. The number of likely N-dealkylation sites (tertiary alicyclic amines) is 1. The fraction of sp³-hybridized carbons (Fsp3) is 0.765. The third-order valence-corrected chi connectivity index (χ3v) is 4.20. The molecular formula is C17H32N6O3. The quantitative estimate of drug-likeness (QED) is 0.430. The molecule has 1 rings (SSSR count). The van der Waals surface area contributed by atoms with Crippen molar-refractivity contribution in [3.63, 3.8) is 0 Å². The monoisotopic (exact) mass is 368 g/mol. The van der Waals surface area contributed by atoms with Gasteiger partial charge in [-0.2, -0.15) is 0 Å². The number of ether oxygens (including phenoxy) is 1. The molecule has 9 heteroatoms. The molecule has 1 aliphatic rings. The molecule has 3 atom stereocenters. The second-order valence-electron chi connectivity index (χ2n) is 6.57. The van der Waals surface area contributed by atoms with Crippen molar-refractivity contribution in [3.8, 4) is 0 Å². The zero-order valence-electron chi connectivity index (χ0n) is 16.4. The molecule has 9 nitrogen and oxygen atoms in total. The summed E-state index contributed by atoms with van der Waals surface area (Å²) in [6, 6.07) is -0.932. The van der Waals surface area contributed by atoms with E-state index in [2.05, 4.69) is 25.4 Å². The number of hydrogen-bond acceptors (Lipinski definition) is 5. The molecule has 0 saturated carbocycles. The Balaban J connectivity index is 2.85. The van der Waals surface area contributed by atoms with Gasteiger partial charge in [0.25, 0.3) is 0 Å². The molecule has 26 heavy (non-hydrogen) atoms. The van der Waals surface area contributed by atoms with Crippen LogP contribution in [0.25, 0.3) is 0 Å². The number of nitrogens with zero attached hydrogens (tertiary/aromatic N) is 3. The number of amides is 2. The minimum absolute atomic E-state index is 0.0770. The first-order chi connectivity index (χ1) is 12.3. The van der Waals surface area contributed by atoms with Gasteiger partial charge >= 0.3 is 6.09 Å². The summed E-state index contributed by atoms with van der Waals surface area (Å²) in [7, 11) is 1.27. The van der Waals surface area contributed by atoms with Crippen LogP contribution in [0.3, 0.4) is 0 Å². The lowest BCUT2D eigenvalue weighted by molar-refractivity contribution is -0.134. The maximum atomic E-state index is 13.0. The van der Waals surface area contributed by atoms with Crippen molar-refractivity contribution in [1.82, 2.24) is 15.5 Å². The Morgan fingerprint density at radius 3 is 2.65 bits per heavy atom. The third kappa shape index (κ3) is 6.20. The minimum Gasteiger partial charge on any atom is -0.453 e. The van der Waals surface area contributed by atoms with Gasteiger partial charge in [0.1, 0.15) is 18.0 Å². The first kappa shape index (κ1) is 21.7. The summed E-state index contributed by atoms with van der Waals surface area (Å²) in [4.78, 5) is 34.7. The summed E-state index contributed by atoms with van der Waals surface area (Å²) < 4.78 is 4.63. The summed E-state index contributed by atoms with van der Waals surface area (Å²) in [6.45, 7) is 8.83. The molecule has 0 aromatic heterocycles. The van der Waals surface area contributed by atoms with E-state index in [1.165, 1.54) is 7.11 Å². The Bertz CT molecular complexity index is 535. The van der Waals surface area contributed by atoms with Gasteiger partial charge in [-0.1, -0.05) is 13.8 Å². The molecule has 0 aliphatic carbocycles. The summed E-state index contributed by atoms with van der Waals surface area (Å²) in [5, 5.41) is 5.64. The predicted molar refractivity (Wildman–Crippen MR) is 102 cm³/mol. The van der Waals surface area contributed by atoms with Gasteiger partial charge < -0.3 is 26.0 Å². The lowest BCUT2D eigenvalue weighted by atomic mass is 10.0. The zero-order chi connectivity index (χ0) is 19.7.